The fraction of sp³-hybridized carbons (Fsp3) is 0.538. The van der Waals surface area contributed by atoms with Crippen LogP contribution >= 0.6 is 0 Å². The first-order valence-corrected chi connectivity index (χ1v) is 6.55. The SMILES string of the molecule is CC1CCC(CNc2nc(N)cn3ccnc23)C1. The first-order chi connectivity index (χ1) is 8.72. The number of fused-ring (bicyclic) bond motifs is 1. The van der Waals surface area contributed by atoms with E-state index in [4.69, 9.17) is 5.73 Å². The van der Waals surface area contributed by atoms with Gasteiger partial charge in [-0.15, -0.1) is 0 Å². The van der Waals surface area contributed by atoms with Crippen LogP contribution in [-0.4, -0.2) is 20.9 Å². The van der Waals surface area contributed by atoms with Crippen molar-refractivity contribution in [2.24, 2.45) is 11.8 Å². The third kappa shape index (κ3) is 2.12. The topological polar surface area (TPSA) is 68.2 Å². The fourth-order valence-corrected chi connectivity index (χ4v) is 2.82. The van der Waals surface area contributed by atoms with E-state index in [2.05, 4.69) is 22.2 Å². The van der Waals surface area contributed by atoms with Crippen LogP contribution in [0.15, 0.2) is 18.6 Å². The van der Waals surface area contributed by atoms with Gasteiger partial charge in [-0.1, -0.05) is 13.3 Å². The highest BCUT2D eigenvalue weighted by Gasteiger charge is 2.21. The van der Waals surface area contributed by atoms with Crippen LogP contribution in [-0.2, 0) is 0 Å². The van der Waals surface area contributed by atoms with Gasteiger partial charge in [-0.3, -0.25) is 0 Å². The van der Waals surface area contributed by atoms with Crippen LogP contribution in [0.1, 0.15) is 26.2 Å². The highest BCUT2D eigenvalue weighted by molar-refractivity contribution is 5.64. The van der Waals surface area contributed by atoms with E-state index in [1.165, 1.54) is 19.3 Å². The molecule has 3 rings (SSSR count). The number of nitrogens with zero attached hydrogens (tertiary/aromatic N) is 3. The molecule has 5 heteroatoms. The number of hydrogen-bond acceptors (Lipinski definition) is 4. The largest absolute Gasteiger partial charge is 0.382 e. The van der Waals surface area contributed by atoms with Crippen molar-refractivity contribution in [2.75, 3.05) is 17.6 Å². The Labute approximate surface area is 106 Å². The summed E-state index contributed by atoms with van der Waals surface area (Å²) in [5.74, 6) is 2.91. The van der Waals surface area contributed by atoms with Crippen molar-refractivity contribution < 1.29 is 0 Å². The molecular weight excluding hydrogens is 226 g/mol. The standard InChI is InChI=1S/C13H19N5/c1-9-2-3-10(6-9)7-16-12-13-15-4-5-18(13)8-11(14)17-12/h4-5,8-10H,2-3,6-7,14H2,1H3,(H,16,17). The Kier molecular flexibility index (Phi) is 2.81. The van der Waals surface area contributed by atoms with Crippen molar-refractivity contribution in [3.8, 4) is 0 Å². The summed E-state index contributed by atoms with van der Waals surface area (Å²) in [4.78, 5) is 8.64. The Balaban J connectivity index is 1.75. The summed E-state index contributed by atoms with van der Waals surface area (Å²) >= 11 is 0. The van der Waals surface area contributed by atoms with Gasteiger partial charge in [0.2, 0.25) is 0 Å². The monoisotopic (exact) mass is 245 g/mol. The van der Waals surface area contributed by atoms with Gasteiger partial charge in [0.15, 0.2) is 11.5 Å². The lowest BCUT2D eigenvalue weighted by Crippen LogP contribution is -2.14. The molecule has 0 saturated heterocycles. The van der Waals surface area contributed by atoms with Crippen LogP contribution in [0.2, 0.25) is 0 Å². The molecule has 2 heterocycles. The zero-order valence-corrected chi connectivity index (χ0v) is 10.6. The Morgan fingerprint density at radius 1 is 1.50 bits per heavy atom. The van der Waals surface area contributed by atoms with E-state index in [1.54, 1.807) is 12.4 Å². The van der Waals surface area contributed by atoms with Gasteiger partial charge in [0, 0.05) is 18.9 Å². The zero-order valence-electron chi connectivity index (χ0n) is 10.6. The zero-order chi connectivity index (χ0) is 12.5. The molecule has 1 saturated carbocycles. The molecule has 2 aromatic rings. The van der Waals surface area contributed by atoms with Gasteiger partial charge < -0.3 is 15.5 Å². The number of anilines is 2. The summed E-state index contributed by atoms with van der Waals surface area (Å²) in [6.45, 7) is 3.29. The van der Waals surface area contributed by atoms with E-state index < -0.39 is 0 Å². The van der Waals surface area contributed by atoms with Gasteiger partial charge in [0.05, 0.1) is 6.20 Å². The van der Waals surface area contributed by atoms with E-state index in [-0.39, 0.29) is 0 Å². The normalized spacial score (nSPS) is 23.6. The van der Waals surface area contributed by atoms with Crippen LogP contribution in [0.4, 0.5) is 11.6 Å². The van der Waals surface area contributed by atoms with E-state index in [1.807, 2.05) is 10.6 Å². The Hall–Kier alpha value is -1.78. The molecule has 5 nitrogen and oxygen atoms in total. The summed E-state index contributed by atoms with van der Waals surface area (Å²) < 4.78 is 1.90. The number of imidazole rings is 1. The van der Waals surface area contributed by atoms with Crippen molar-refractivity contribution >= 4 is 17.3 Å². The number of hydrogen-bond donors (Lipinski definition) is 2. The number of nitrogens with one attached hydrogen (secondary N) is 1. The molecule has 0 spiro atoms. The highest BCUT2D eigenvalue weighted by atomic mass is 15.1. The molecule has 18 heavy (non-hydrogen) atoms. The number of rotatable bonds is 3. The number of nitrogen functional groups attached to an aromatic ring is 1. The highest BCUT2D eigenvalue weighted by Crippen LogP contribution is 2.30. The van der Waals surface area contributed by atoms with Crippen molar-refractivity contribution in [2.45, 2.75) is 26.2 Å². The predicted molar refractivity (Wildman–Crippen MR) is 72.4 cm³/mol. The lowest BCUT2D eigenvalue weighted by Gasteiger charge is -2.12. The average Bonchev–Trinajstić information content (AvgIpc) is 2.94. The summed E-state index contributed by atoms with van der Waals surface area (Å²) in [7, 11) is 0. The maximum absolute atomic E-state index is 5.79. The molecule has 1 aliphatic rings. The van der Waals surface area contributed by atoms with E-state index in [9.17, 15) is 0 Å². The van der Waals surface area contributed by atoms with Gasteiger partial charge in [-0.2, -0.15) is 0 Å². The molecule has 1 fully saturated rings. The molecule has 2 atom stereocenters. The van der Waals surface area contributed by atoms with E-state index >= 15 is 0 Å². The number of aromatic nitrogens is 3. The maximum Gasteiger partial charge on any atom is 0.180 e. The van der Waals surface area contributed by atoms with Gasteiger partial charge in [-0.25, -0.2) is 9.97 Å². The molecule has 2 unspecified atom stereocenters. The Morgan fingerprint density at radius 3 is 3.17 bits per heavy atom. The molecule has 0 amide bonds. The second-order valence-corrected chi connectivity index (χ2v) is 5.34. The lowest BCUT2D eigenvalue weighted by molar-refractivity contribution is 0.536. The maximum atomic E-state index is 5.79. The van der Waals surface area contributed by atoms with Gasteiger partial charge >= 0.3 is 0 Å². The summed E-state index contributed by atoms with van der Waals surface area (Å²) in [5.41, 5.74) is 6.63. The van der Waals surface area contributed by atoms with E-state index in [0.29, 0.717) is 5.82 Å². The van der Waals surface area contributed by atoms with Crippen LogP contribution in [0.25, 0.3) is 5.65 Å². The second kappa shape index (κ2) is 4.48. The van der Waals surface area contributed by atoms with Gasteiger partial charge in [-0.05, 0) is 24.7 Å². The predicted octanol–water partition coefficient (Wildman–Crippen LogP) is 2.16. The van der Waals surface area contributed by atoms with Crippen molar-refractivity contribution in [3.63, 3.8) is 0 Å². The fourth-order valence-electron chi connectivity index (χ4n) is 2.82. The molecule has 0 aromatic carbocycles. The van der Waals surface area contributed by atoms with Crippen LogP contribution in [0.5, 0.6) is 0 Å². The quantitative estimate of drug-likeness (QED) is 0.869. The third-order valence-corrected chi connectivity index (χ3v) is 3.75. The summed E-state index contributed by atoms with van der Waals surface area (Å²) in [6, 6.07) is 0. The molecular formula is C13H19N5. The first kappa shape index (κ1) is 11.3. The number of nitrogens with two attached hydrogens (primary N) is 1. The minimum absolute atomic E-state index is 0.516. The van der Waals surface area contributed by atoms with Crippen LogP contribution < -0.4 is 11.1 Å². The molecule has 0 radical (unpaired) electrons. The molecule has 96 valence electrons. The third-order valence-electron chi connectivity index (χ3n) is 3.75. The van der Waals surface area contributed by atoms with Crippen molar-refractivity contribution in [3.05, 3.63) is 18.6 Å². The summed E-state index contributed by atoms with van der Waals surface area (Å²) in [5, 5.41) is 3.40. The smallest absolute Gasteiger partial charge is 0.180 e. The molecule has 3 N–H and O–H groups in total. The second-order valence-electron chi connectivity index (χ2n) is 5.34. The van der Waals surface area contributed by atoms with Crippen molar-refractivity contribution in [1.29, 1.82) is 0 Å². The van der Waals surface area contributed by atoms with Crippen LogP contribution in [0, 0.1) is 11.8 Å². The van der Waals surface area contributed by atoms with Gasteiger partial charge in [0.25, 0.3) is 0 Å². The molecule has 2 aromatic heterocycles. The minimum Gasteiger partial charge on any atom is -0.382 e. The average molecular weight is 245 g/mol. The minimum atomic E-state index is 0.516. The Morgan fingerprint density at radius 2 is 2.39 bits per heavy atom. The van der Waals surface area contributed by atoms with Gasteiger partial charge in [0.1, 0.15) is 5.82 Å². The lowest BCUT2D eigenvalue weighted by atomic mass is 10.1. The molecule has 1 aliphatic carbocycles. The van der Waals surface area contributed by atoms with Crippen LogP contribution in [0.3, 0.4) is 0 Å². The molecule has 0 bridgehead atoms. The Bertz CT molecular complexity index is 547. The first-order valence-electron chi connectivity index (χ1n) is 6.55. The molecule has 0 aliphatic heterocycles. The van der Waals surface area contributed by atoms with Crippen molar-refractivity contribution in [1.82, 2.24) is 14.4 Å². The summed E-state index contributed by atoms with van der Waals surface area (Å²) in [6.07, 6.45) is 9.39. The van der Waals surface area contributed by atoms with E-state index in [0.717, 1.165) is 29.8 Å².